The Balaban J connectivity index is 1.66. The first-order valence-electron chi connectivity index (χ1n) is 10.4. The Morgan fingerprint density at radius 2 is 2.17 bits per heavy atom. The Morgan fingerprint density at radius 3 is 3.00 bits per heavy atom. The maximum Gasteiger partial charge on any atom is 0.140 e. The van der Waals surface area contributed by atoms with Crippen molar-refractivity contribution in [2.75, 3.05) is 7.05 Å². The van der Waals surface area contributed by atoms with Gasteiger partial charge in [0.2, 0.25) is 0 Å². The Labute approximate surface area is 176 Å². The molecule has 152 valence electrons. The lowest BCUT2D eigenvalue weighted by molar-refractivity contribution is 0.000681. The highest BCUT2D eigenvalue weighted by Crippen LogP contribution is 2.39. The minimum atomic E-state index is -0.929. The zero-order chi connectivity index (χ0) is 20.3. The van der Waals surface area contributed by atoms with Gasteiger partial charge in [-0.3, -0.25) is 9.88 Å². The van der Waals surface area contributed by atoms with E-state index < -0.39 is 5.60 Å². The topological polar surface area (TPSA) is 54.2 Å². The summed E-state index contributed by atoms with van der Waals surface area (Å²) < 4.78 is 2.25. The summed E-state index contributed by atoms with van der Waals surface area (Å²) in [6, 6.07) is 6.54. The maximum absolute atomic E-state index is 11.8. The number of nitrogens with zero attached hydrogens (tertiary/aromatic N) is 4. The molecule has 0 bridgehead atoms. The predicted molar refractivity (Wildman–Crippen MR) is 115 cm³/mol. The fourth-order valence-electron chi connectivity index (χ4n) is 5.07. The van der Waals surface area contributed by atoms with Crippen LogP contribution in [0.5, 0.6) is 0 Å². The van der Waals surface area contributed by atoms with Gasteiger partial charge in [0.05, 0.1) is 11.6 Å². The van der Waals surface area contributed by atoms with Gasteiger partial charge < -0.3 is 9.67 Å². The predicted octanol–water partition coefficient (Wildman–Crippen LogP) is 3.99. The SMILES string of the molecule is Cc1ccc2c(n1)CCCC2(O)Cn1c2c(c3cc(Cl)cnc31)CN(C)C(C)C2. The van der Waals surface area contributed by atoms with Crippen LogP contribution in [0.2, 0.25) is 5.02 Å². The molecule has 29 heavy (non-hydrogen) atoms. The molecule has 3 aromatic rings. The van der Waals surface area contributed by atoms with Gasteiger partial charge in [0, 0.05) is 53.2 Å². The fraction of sp³-hybridized carbons (Fsp3) is 0.478. The van der Waals surface area contributed by atoms with E-state index in [-0.39, 0.29) is 0 Å². The van der Waals surface area contributed by atoms with Crippen LogP contribution in [0.25, 0.3) is 11.0 Å². The molecule has 4 heterocycles. The number of rotatable bonds is 2. The van der Waals surface area contributed by atoms with E-state index in [2.05, 4.69) is 34.5 Å². The van der Waals surface area contributed by atoms with Crippen LogP contribution >= 0.6 is 11.6 Å². The van der Waals surface area contributed by atoms with Crippen LogP contribution in [0.1, 0.15) is 48.0 Å². The second-order valence-corrected chi connectivity index (χ2v) is 9.27. The molecule has 3 aromatic heterocycles. The summed E-state index contributed by atoms with van der Waals surface area (Å²) in [6.45, 7) is 5.64. The minimum absolute atomic E-state index is 0.443. The number of hydrogen-bond acceptors (Lipinski definition) is 4. The summed E-state index contributed by atoms with van der Waals surface area (Å²) in [6.07, 6.45) is 5.26. The van der Waals surface area contributed by atoms with E-state index >= 15 is 0 Å². The summed E-state index contributed by atoms with van der Waals surface area (Å²) in [5.41, 5.74) is 5.57. The lowest BCUT2D eigenvalue weighted by Gasteiger charge is -2.36. The number of likely N-dealkylation sites (N-methyl/N-ethyl adjacent to an activating group) is 1. The highest BCUT2D eigenvalue weighted by molar-refractivity contribution is 6.31. The quantitative estimate of drug-likeness (QED) is 0.693. The molecule has 0 spiro atoms. The summed E-state index contributed by atoms with van der Waals surface area (Å²) in [7, 11) is 2.16. The number of fused-ring (bicyclic) bond motifs is 4. The zero-order valence-corrected chi connectivity index (χ0v) is 18.0. The fourth-order valence-corrected chi connectivity index (χ4v) is 5.23. The number of aromatic nitrogens is 3. The molecular weight excluding hydrogens is 384 g/mol. The van der Waals surface area contributed by atoms with Crippen molar-refractivity contribution < 1.29 is 5.11 Å². The Hall–Kier alpha value is -1.95. The first-order chi connectivity index (χ1) is 13.9. The van der Waals surface area contributed by atoms with E-state index in [9.17, 15) is 5.11 Å². The van der Waals surface area contributed by atoms with Crippen LogP contribution in [0, 0.1) is 6.92 Å². The molecule has 1 aliphatic heterocycles. The van der Waals surface area contributed by atoms with Crippen molar-refractivity contribution in [3.63, 3.8) is 0 Å². The van der Waals surface area contributed by atoms with Crippen LogP contribution in [-0.2, 0) is 31.5 Å². The molecule has 2 unspecified atom stereocenters. The molecule has 0 fully saturated rings. The molecule has 5 nitrogen and oxygen atoms in total. The number of hydrogen-bond donors (Lipinski definition) is 1. The normalized spacial score (nSPS) is 24.5. The first kappa shape index (κ1) is 19.0. The molecule has 5 rings (SSSR count). The molecule has 0 aromatic carbocycles. The van der Waals surface area contributed by atoms with Gasteiger partial charge in [0.15, 0.2) is 0 Å². The zero-order valence-electron chi connectivity index (χ0n) is 17.2. The lowest BCUT2D eigenvalue weighted by atomic mass is 9.81. The Morgan fingerprint density at radius 1 is 1.34 bits per heavy atom. The largest absolute Gasteiger partial charge is 0.383 e. The molecule has 0 amide bonds. The molecule has 0 saturated heterocycles. The monoisotopic (exact) mass is 410 g/mol. The number of aliphatic hydroxyl groups is 1. The second-order valence-electron chi connectivity index (χ2n) is 8.84. The molecule has 1 N–H and O–H groups in total. The van der Waals surface area contributed by atoms with Crippen molar-refractivity contribution in [2.45, 2.75) is 64.3 Å². The highest BCUT2D eigenvalue weighted by Gasteiger charge is 2.38. The van der Waals surface area contributed by atoms with E-state index in [4.69, 9.17) is 16.6 Å². The van der Waals surface area contributed by atoms with Gasteiger partial charge in [-0.25, -0.2) is 4.98 Å². The van der Waals surface area contributed by atoms with Gasteiger partial charge >= 0.3 is 0 Å². The van der Waals surface area contributed by atoms with Gasteiger partial charge in [-0.05, 0) is 57.9 Å². The standard InChI is InChI=1S/C23H27ClN4O/c1-14-6-7-19-20(26-14)5-4-8-23(19,29)13-28-21-9-15(2)27(3)12-18(21)17-10-16(24)11-25-22(17)28/h6-7,10-11,15,29H,4-5,8-9,12-13H2,1-3H3. The maximum atomic E-state index is 11.8. The van der Waals surface area contributed by atoms with Crippen LogP contribution in [-0.4, -0.2) is 37.6 Å². The van der Waals surface area contributed by atoms with E-state index in [1.165, 1.54) is 11.3 Å². The van der Waals surface area contributed by atoms with Crippen LogP contribution < -0.4 is 0 Å². The van der Waals surface area contributed by atoms with Crippen LogP contribution in [0.15, 0.2) is 24.4 Å². The van der Waals surface area contributed by atoms with Gasteiger partial charge in [-0.2, -0.15) is 0 Å². The van der Waals surface area contributed by atoms with Gasteiger partial charge in [0.1, 0.15) is 11.2 Å². The smallest absolute Gasteiger partial charge is 0.140 e. The summed E-state index contributed by atoms with van der Waals surface area (Å²) in [4.78, 5) is 11.8. The average Bonchev–Trinajstić information content (AvgIpc) is 2.94. The third-order valence-corrected chi connectivity index (χ3v) is 6.98. The van der Waals surface area contributed by atoms with E-state index in [1.807, 2.05) is 19.1 Å². The summed E-state index contributed by atoms with van der Waals surface area (Å²) in [5, 5.41) is 13.6. The van der Waals surface area contributed by atoms with Crippen LogP contribution in [0.3, 0.4) is 0 Å². The average molecular weight is 411 g/mol. The lowest BCUT2D eigenvalue weighted by Crippen LogP contribution is -2.39. The van der Waals surface area contributed by atoms with Crippen molar-refractivity contribution in [2.24, 2.45) is 0 Å². The number of pyridine rings is 2. The summed E-state index contributed by atoms with van der Waals surface area (Å²) >= 11 is 6.29. The molecule has 2 atom stereocenters. The van der Waals surface area contributed by atoms with Crippen LogP contribution in [0.4, 0.5) is 0 Å². The Bertz CT molecular complexity index is 1110. The van der Waals surface area contributed by atoms with Crippen molar-refractivity contribution >= 4 is 22.6 Å². The van der Waals surface area contributed by atoms with Gasteiger partial charge in [0.25, 0.3) is 0 Å². The Kier molecular flexibility index (Phi) is 4.46. The minimum Gasteiger partial charge on any atom is -0.383 e. The summed E-state index contributed by atoms with van der Waals surface area (Å²) in [5.74, 6) is 0. The van der Waals surface area contributed by atoms with Crippen molar-refractivity contribution in [1.82, 2.24) is 19.4 Å². The third kappa shape index (κ3) is 3.07. The van der Waals surface area contributed by atoms with E-state index in [1.54, 1.807) is 6.20 Å². The number of aryl methyl sites for hydroxylation is 2. The highest BCUT2D eigenvalue weighted by atomic mass is 35.5. The second kappa shape index (κ2) is 6.79. The van der Waals surface area contributed by atoms with E-state index in [0.29, 0.717) is 17.6 Å². The van der Waals surface area contributed by atoms with Crippen molar-refractivity contribution in [1.29, 1.82) is 0 Å². The molecule has 0 saturated carbocycles. The molecule has 1 aliphatic carbocycles. The molecular formula is C23H27ClN4O. The van der Waals surface area contributed by atoms with E-state index in [0.717, 1.165) is 60.2 Å². The molecule has 0 radical (unpaired) electrons. The van der Waals surface area contributed by atoms with Gasteiger partial charge in [-0.15, -0.1) is 0 Å². The molecule has 2 aliphatic rings. The molecule has 6 heteroatoms. The van der Waals surface area contributed by atoms with Gasteiger partial charge in [-0.1, -0.05) is 17.7 Å². The third-order valence-electron chi connectivity index (χ3n) is 6.78. The number of halogens is 1. The van der Waals surface area contributed by atoms with Crippen molar-refractivity contribution in [3.8, 4) is 0 Å². The first-order valence-corrected chi connectivity index (χ1v) is 10.8. The van der Waals surface area contributed by atoms with Crippen molar-refractivity contribution in [3.05, 3.63) is 57.6 Å².